The highest BCUT2D eigenvalue weighted by Crippen LogP contribution is 2.37. The first-order valence-electron chi connectivity index (χ1n) is 17.7. The summed E-state index contributed by atoms with van der Waals surface area (Å²) in [7, 11) is 0. The lowest BCUT2D eigenvalue weighted by Gasteiger charge is -2.11. The number of nitrogens with one attached hydrogen (secondary N) is 2. The summed E-state index contributed by atoms with van der Waals surface area (Å²) < 4.78 is 0. The molecule has 6 aromatic rings. The first-order chi connectivity index (χ1) is 27.5. The first kappa shape index (κ1) is 33.3. The van der Waals surface area contributed by atoms with Crippen LogP contribution in [-0.2, 0) is 0 Å². The maximum atomic E-state index is 9.58. The number of H-pyrrole nitrogens is 2. The third kappa shape index (κ3) is 5.89. The number of hydrogen-bond donors (Lipinski definition) is 2. The van der Waals surface area contributed by atoms with Crippen LogP contribution in [0.1, 0.15) is 55.8 Å². The molecule has 4 aromatic carbocycles. The van der Waals surface area contributed by atoms with E-state index in [9.17, 15) is 21.0 Å². The van der Waals surface area contributed by atoms with Crippen molar-refractivity contribution in [3.63, 3.8) is 0 Å². The summed E-state index contributed by atoms with van der Waals surface area (Å²) in [5, 5.41) is 39.9. The lowest BCUT2D eigenvalue weighted by atomic mass is 9.95. The smallest absolute Gasteiger partial charge is 0.0991 e. The molecule has 0 amide bonds. The number of aliphatic imine (C=N–C) groups is 2. The molecule has 0 saturated carbocycles. The Hall–Kier alpha value is -8.56. The zero-order valence-corrected chi connectivity index (χ0v) is 29.5. The van der Waals surface area contributed by atoms with E-state index in [2.05, 4.69) is 40.3 Å². The molecule has 0 saturated heterocycles. The molecule has 0 atom stereocenters. The molecule has 2 aromatic heterocycles. The number of nitriles is 4. The Bertz CT molecular complexity index is 2900. The van der Waals surface area contributed by atoms with Gasteiger partial charge in [-0.05, 0) is 113 Å². The first-order valence-corrected chi connectivity index (χ1v) is 17.7. The van der Waals surface area contributed by atoms with E-state index in [1.54, 1.807) is 48.5 Å². The van der Waals surface area contributed by atoms with E-state index in [0.717, 1.165) is 89.3 Å². The summed E-state index contributed by atoms with van der Waals surface area (Å²) in [6.45, 7) is 0. The van der Waals surface area contributed by atoms with Gasteiger partial charge in [-0.2, -0.15) is 21.0 Å². The van der Waals surface area contributed by atoms with Crippen LogP contribution in [0.3, 0.4) is 0 Å². The summed E-state index contributed by atoms with van der Waals surface area (Å²) in [6.07, 6.45) is 9.96. The molecule has 2 N–H and O–H groups in total. The van der Waals surface area contributed by atoms with Crippen LogP contribution in [0.4, 0.5) is 0 Å². The average Bonchev–Trinajstić information content (AvgIpc) is 4.10. The molecule has 3 aliphatic rings. The monoisotopic (exact) mass is 714 g/mol. The minimum Gasteiger partial charge on any atom is -0.360 e. The van der Waals surface area contributed by atoms with Crippen molar-refractivity contribution in [3.8, 4) is 24.3 Å². The molecule has 5 heterocycles. The molecule has 0 fully saturated rings. The molecule has 0 aliphatic carbocycles. The predicted octanol–water partition coefficient (Wildman–Crippen LogP) is 7.48. The third-order valence-corrected chi connectivity index (χ3v) is 9.98. The van der Waals surface area contributed by atoms with Crippen LogP contribution < -0.4 is 10.7 Å². The van der Waals surface area contributed by atoms with Crippen LogP contribution in [0.2, 0.25) is 0 Å². The van der Waals surface area contributed by atoms with Crippen molar-refractivity contribution in [1.82, 2.24) is 9.97 Å². The van der Waals surface area contributed by atoms with Gasteiger partial charge >= 0.3 is 0 Å². The fourth-order valence-corrected chi connectivity index (χ4v) is 7.28. The van der Waals surface area contributed by atoms with Gasteiger partial charge in [0.25, 0.3) is 0 Å². The highest BCUT2D eigenvalue weighted by atomic mass is 14.8. The van der Waals surface area contributed by atoms with Crippen molar-refractivity contribution < 1.29 is 0 Å². The van der Waals surface area contributed by atoms with Gasteiger partial charge in [-0.1, -0.05) is 48.5 Å². The molecule has 0 spiro atoms. The lowest BCUT2D eigenvalue weighted by molar-refractivity contribution is 1.25. The number of allylic oxidation sites excluding steroid dienone is 4. The zero-order valence-electron chi connectivity index (χ0n) is 29.5. The second-order valence-electron chi connectivity index (χ2n) is 13.3. The summed E-state index contributed by atoms with van der Waals surface area (Å²) in [6, 6.07) is 44.9. The topological polar surface area (TPSA) is 151 Å². The fraction of sp³-hybridized carbons (Fsp3) is 0. The van der Waals surface area contributed by atoms with Gasteiger partial charge in [-0.25, -0.2) is 9.98 Å². The molecule has 56 heavy (non-hydrogen) atoms. The summed E-state index contributed by atoms with van der Waals surface area (Å²) in [5.41, 5.74) is 13.7. The van der Waals surface area contributed by atoms with Crippen LogP contribution in [0.5, 0.6) is 0 Å². The average molecular weight is 715 g/mol. The summed E-state index contributed by atoms with van der Waals surface area (Å²) in [4.78, 5) is 17.8. The van der Waals surface area contributed by atoms with E-state index in [4.69, 9.17) is 9.98 Å². The number of benzene rings is 4. The lowest BCUT2D eigenvalue weighted by Crippen LogP contribution is -2.21. The van der Waals surface area contributed by atoms with Gasteiger partial charge in [0.1, 0.15) is 0 Å². The van der Waals surface area contributed by atoms with Crippen molar-refractivity contribution in [2.45, 2.75) is 0 Å². The largest absolute Gasteiger partial charge is 0.360 e. The van der Waals surface area contributed by atoms with Crippen molar-refractivity contribution in [1.29, 1.82) is 21.0 Å². The summed E-state index contributed by atoms with van der Waals surface area (Å²) >= 11 is 0. The number of fused-ring (bicyclic) bond motifs is 6. The van der Waals surface area contributed by atoms with Gasteiger partial charge in [0.15, 0.2) is 0 Å². The van der Waals surface area contributed by atoms with Crippen molar-refractivity contribution >= 4 is 33.7 Å². The van der Waals surface area contributed by atoms with Gasteiger partial charge in [0.2, 0.25) is 0 Å². The second-order valence-corrected chi connectivity index (χ2v) is 13.3. The fourth-order valence-electron chi connectivity index (χ4n) is 7.28. The highest BCUT2D eigenvalue weighted by Gasteiger charge is 2.23. The van der Waals surface area contributed by atoms with Crippen LogP contribution in [0.25, 0.3) is 22.3 Å². The van der Waals surface area contributed by atoms with Crippen LogP contribution in [0, 0.1) is 45.3 Å². The minimum absolute atomic E-state index is 0.552. The third-order valence-electron chi connectivity index (χ3n) is 9.98. The SMILES string of the molecule is N#Cc1ccc(C2=C3C=CC(=N3)C(c3ccc(C#N)cc3)=c3ccc([nH]3)=C(c3ccc(C#N)cc3)C3=NC(=C(c4ccc(C#N)cc4)c4cc2c[nH]4)C=C3)cc1. The number of nitrogens with zero attached hydrogens (tertiary/aromatic N) is 6. The number of hydrogen-bond acceptors (Lipinski definition) is 6. The number of aromatic nitrogens is 2. The Kier molecular flexibility index (Phi) is 8.19. The molecule has 8 nitrogen and oxygen atoms in total. The van der Waals surface area contributed by atoms with Gasteiger partial charge in [-0.15, -0.1) is 0 Å². The normalized spacial score (nSPS) is 14.2. The molecule has 9 rings (SSSR count). The number of aromatic amines is 2. The van der Waals surface area contributed by atoms with E-state index < -0.39 is 0 Å². The van der Waals surface area contributed by atoms with E-state index in [1.807, 2.05) is 91.2 Å². The number of rotatable bonds is 4. The maximum Gasteiger partial charge on any atom is 0.0991 e. The van der Waals surface area contributed by atoms with Gasteiger partial charge in [-0.3, -0.25) is 0 Å². The van der Waals surface area contributed by atoms with E-state index in [0.29, 0.717) is 22.3 Å². The van der Waals surface area contributed by atoms with E-state index in [-0.39, 0.29) is 0 Å². The standard InChI is InChI=1S/C48H26N8/c49-24-29-1-9-33(10-2-29)45-37-23-44(53-28-37)48(36-15-7-32(27-52)8-16-36)43-22-21-42(56-43)47(35-13-5-31(26-51)6-14-35)41-20-19-40(55-41)46(39-18-17-38(45)54-39)34-11-3-30(25-50)4-12-34/h1-23,28,53,55H. The van der Waals surface area contributed by atoms with Gasteiger partial charge in [0.05, 0.1) is 69.3 Å². The molecule has 3 aliphatic heterocycles. The molecule has 8 bridgehead atoms. The van der Waals surface area contributed by atoms with Crippen LogP contribution in [0.15, 0.2) is 167 Å². The van der Waals surface area contributed by atoms with E-state index in [1.165, 1.54) is 0 Å². The molecule has 8 heteroatoms. The van der Waals surface area contributed by atoms with Crippen molar-refractivity contribution in [2.24, 2.45) is 9.98 Å². The van der Waals surface area contributed by atoms with Crippen LogP contribution in [-0.4, -0.2) is 21.4 Å². The van der Waals surface area contributed by atoms with Gasteiger partial charge < -0.3 is 9.97 Å². The minimum atomic E-state index is 0.552. The highest BCUT2D eigenvalue weighted by molar-refractivity contribution is 6.31. The molecular formula is C48H26N8. The van der Waals surface area contributed by atoms with Crippen molar-refractivity contribution in [3.05, 3.63) is 224 Å². The molecule has 0 radical (unpaired) electrons. The Labute approximate surface area is 321 Å². The quantitative estimate of drug-likeness (QED) is 0.195. The summed E-state index contributed by atoms with van der Waals surface area (Å²) in [5.74, 6) is 0. The van der Waals surface area contributed by atoms with Crippen molar-refractivity contribution in [2.75, 3.05) is 0 Å². The molecular weight excluding hydrogens is 689 g/mol. The van der Waals surface area contributed by atoms with Gasteiger partial charge in [0, 0.05) is 50.4 Å². The Balaban J connectivity index is 1.40. The molecule has 258 valence electrons. The second kappa shape index (κ2) is 13.8. The Morgan fingerprint density at radius 1 is 0.393 bits per heavy atom. The van der Waals surface area contributed by atoms with E-state index >= 15 is 0 Å². The zero-order chi connectivity index (χ0) is 38.2. The Morgan fingerprint density at radius 3 is 1.18 bits per heavy atom. The predicted molar refractivity (Wildman–Crippen MR) is 216 cm³/mol. The Morgan fingerprint density at radius 2 is 0.768 bits per heavy atom. The maximum absolute atomic E-state index is 9.58. The molecule has 0 unspecified atom stereocenters. The van der Waals surface area contributed by atoms with Crippen LogP contribution >= 0.6 is 0 Å².